The molecule has 0 aromatic carbocycles. The molecule has 1 fully saturated rings. The van der Waals surface area contributed by atoms with Gasteiger partial charge in [0.2, 0.25) is 0 Å². The second-order valence-electron chi connectivity index (χ2n) is 4.98. The summed E-state index contributed by atoms with van der Waals surface area (Å²) in [7, 11) is 2.29. The molecule has 0 saturated carbocycles. The Balaban J connectivity index is 2.30. The average Bonchev–Trinajstić information content (AvgIpc) is 2.29. The van der Waals surface area contributed by atoms with E-state index in [1.165, 1.54) is 19.3 Å². The van der Waals surface area contributed by atoms with Gasteiger partial charge in [0.1, 0.15) is 0 Å². The molecular formula is C12H21N. The van der Waals surface area contributed by atoms with Crippen LogP contribution in [0.2, 0.25) is 0 Å². The molecule has 13 heavy (non-hydrogen) atoms. The zero-order valence-electron chi connectivity index (χ0n) is 9.30. The minimum absolute atomic E-state index is 0.761. The monoisotopic (exact) mass is 179 g/mol. The standard InChI is InChI=1S/C12H21N/c1-8(2)11-7-10-5-6-12(9(11)3)13(10)4/h8,10,12H,5-7H2,1-4H3/t10-,12+/m0/s1. The molecule has 2 bridgehead atoms. The molecule has 0 aromatic rings. The molecule has 0 radical (unpaired) electrons. The zero-order chi connectivity index (χ0) is 9.59. The predicted molar refractivity (Wildman–Crippen MR) is 56.7 cm³/mol. The first-order chi connectivity index (χ1) is 6.11. The van der Waals surface area contributed by atoms with E-state index in [0.29, 0.717) is 0 Å². The molecule has 2 aliphatic heterocycles. The van der Waals surface area contributed by atoms with Crippen molar-refractivity contribution in [2.45, 2.75) is 52.1 Å². The topological polar surface area (TPSA) is 3.24 Å². The Morgan fingerprint density at radius 3 is 2.62 bits per heavy atom. The minimum Gasteiger partial charge on any atom is -0.296 e. The minimum atomic E-state index is 0.761. The first-order valence-electron chi connectivity index (χ1n) is 5.52. The van der Waals surface area contributed by atoms with Gasteiger partial charge < -0.3 is 0 Å². The fourth-order valence-electron chi connectivity index (χ4n) is 3.10. The van der Waals surface area contributed by atoms with E-state index in [1.54, 1.807) is 11.1 Å². The maximum absolute atomic E-state index is 2.58. The van der Waals surface area contributed by atoms with Crippen LogP contribution >= 0.6 is 0 Å². The zero-order valence-corrected chi connectivity index (χ0v) is 9.30. The third kappa shape index (κ3) is 1.34. The molecule has 0 spiro atoms. The molecule has 1 nitrogen and oxygen atoms in total. The van der Waals surface area contributed by atoms with Crippen LogP contribution in [0.4, 0.5) is 0 Å². The Bertz CT molecular complexity index is 240. The lowest BCUT2D eigenvalue weighted by molar-refractivity contribution is 0.238. The van der Waals surface area contributed by atoms with Gasteiger partial charge in [0.05, 0.1) is 0 Å². The largest absolute Gasteiger partial charge is 0.296 e. The fraction of sp³-hybridized carbons (Fsp3) is 0.833. The highest BCUT2D eigenvalue weighted by atomic mass is 15.2. The van der Waals surface area contributed by atoms with E-state index in [4.69, 9.17) is 0 Å². The summed E-state index contributed by atoms with van der Waals surface area (Å²) in [6, 6.07) is 1.63. The molecule has 0 unspecified atom stereocenters. The number of fused-ring (bicyclic) bond motifs is 2. The third-order valence-corrected chi connectivity index (χ3v) is 4.00. The molecule has 2 atom stereocenters. The second-order valence-corrected chi connectivity index (χ2v) is 4.98. The molecular weight excluding hydrogens is 158 g/mol. The fourth-order valence-corrected chi connectivity index (χ4v) is 3.10. The van der Waals surface area contributed by atoms with E-state index in [1.807, 2.05) is 0 Å². The van der Waals surface area contributed by atoms with Gasteiger partial charge in [-0.3, -0.25) is 4.90 Å². The molecule has 2 heterocycles. The van der Waals surface area contributed by atoms with Crippen molar-refractivity contribution in [2.24, 2.45) is 5.92 Å². The molecule has 74 valence electrons. The van der Waals surface area contributed by atoms with Crippen LogP contribution in [0, 0.1) is 5.92 Å². The van der Waals surface area contributed by atoms with Crippen LogP contribution in [0.15, 0.2) is 11.1 Å². The third-order valence-electron chi connectivity index (χ3n) is 4.00. The lowest BCUT2D eigenvalue weighted by Gasteiger charge is -2.35. The van der Waals surface area contributed by atoms with Crippen molar-refractivity contribution >= 4 is 0 Å². The van der Waals surface area contributed by atoms with Gasteiger partial charge in [-0.05, 0) is 39.2 Å². The van der Waals surface area contributed by atoms with Crippen molar-refractivity contribution in [3.05, 3.63) is 11.1 Å². The van der Waals surface area contributed by atoms with Crippen molar-refractivity contribution in [3.8, 4) is 0 Å². The summed E-state index contributed by atoms with van der Waals surface area (Å²) >= 11 is 0. The van der Waals surface area contributed by atoms with Crippen molar-refractivity contribution < 1.29 is 0 Å². The Morgan fingerprint density at radius 2 is 2.00 bits per heavy atom. The number of likely N-dealkylation sites (N-methyl/N-ethyl adjacent to an activating group) is 1. The smallest absolute Gasteiger partial charge is 0.0308 e. The normalized spacial score (nSPS) is 34.8. The van der Waals surface area contributed by atoms with Crippen LogP contribution in [-0.2, 0) is 0 Å². The Labute approximate surface area is 81.8 Å². The summed E-state index contributed by atoms with van der Waals surface area (Å²) in [5, 5.41) is 0. The molecule has 2 aliphatic rings. The maximum atomic E-state index is 2.58. The number of hydrogen-bond donors (Lipinski definition) is 0. The van der Waals surface area contributed by atoms with Crippen LogP contribution in [0.5, 0.6) is 0 Å². The number of rotatable bonds is 1. The average molecular weight is 179 g/mol. The summed E-state index contributed by atoms with van der Waals surface area (Å²) in [5.41, 5.74) is 3.41. The van der Waals surface area contributed by atoms with Crippen LogP contribution < -0.4 is 0 Å². The Hall–Kier alpha value is -0.300. The van der Waals surface area contributed by atoms with Crippen molar-refractivity contribution in [1.82, 2.24) is 4.90 Å². The molecule has 2 rings (SSSR count). The van der Waals surface area contributed by atoms with Gasteiger partial charge in [-0.15, -0.1) is 0 Å². The van der Waals surface area contributed by atoms with Crippen molar-refractivity contribution in [2.75, 3.05) is 7.05 Å². The summed E-state index contributed by atoms with van der Waals surface area (Å²) in [6.45, 7) is 7.02. The highest BCUT2D eigenvalue weighted by molar-refractivity contribution is 5.27. The highest BCUT2D eigenvalue weighted by Crippen LogP contribution is 2.40. The highest BCUT2D eigenvalue weighted by Gasteiger charge is 2.37. The van der Waals surface area contributed by atoms with Crippen LogP contribution in [0.1, 0.15) is 40.0 Å². The van der Waals surface area contributed by atoms with E-state index < -0.39 is 0 Å². The van der Waals surface area contributed by atoms with Gasteiger partial charge in [-0.2, -0.15) is 0 Å². The van der Waals surface area contributed by atoms with Gasteiger partial charge in [-0.1, -0.05) is 25.0 Å². The molecule has 0 aliphatic carbocycles. The summed E-state index contributed by atoms with van der Waals surface area (Å²) < 4.78 is 0. The summed E-state index contributed by atoms with van der Waals surface area (Å²) in [6.07, 6.45) is 4.13. The SMILES string of the molecule is CC1=C(C(C)C)C[C@@H]2CC[C@H]1N2C. The first kappa shape index (κ1) is 9.26. The molecule has 0 N–H and O–H groups in total. The van der Waals surface area contributed by atoms with Crippen LogP contribution in [0.25, 0.3) is 0 Å². The van der Waals surface area contributed by atoms with Gasteiger partial charge in [0.25, 0.3) is 0 Å². The van der Waals surface area contributed by atoms with E-state index in [9.17, 15) is 0 Å². The summed E-state index contributed by atoms with van der Waals surface area (Å²) in [4.78, 5) is 2.58. The van der Waals surface area contributed by atoms with E-state index in [2.05, 4.69) is 32.7 Å². The van der Waals surface area contributed by atoms with E-state index >= 15 is 0 Å². The van der Waals surface area contributed by atoms with Gasteiger partial charge in [0, 0.05) is 12.1 Å². The molecule has 1 saturated heterocycles. The van der Waals surface area contributed by atoms with Crippen molar-refractivity contribution in [1.29, 1.82) is 0 Å². The van der Waals surface area contributed by atoms with Crippen molar-refractivity contribution in [3.63, 3.8) is 0 Å². The Kier molecular flexibility index (Phi) is 2.23. The van der Waals surface area contributed by atoms with E-state index in [-0.39, 0.29) is 0 Å². The molecule has 1 heteroatoms. The quantitative estimate of drug-likeness (QED) is 0.559. The van der Waals surface area contributed by atoms with Gasteiger partial charge >= 0.3 is 0 Å². The maximum Gasteiger partial charge on any atom is 0.0308 e. The van der Waals surface area contributed by atoms with Crippen LogP contribution in [-0.4, -0.2) is 24.0 Å². The Morgan fingerprint density at radius 1 is 1.31 bits per heavy atom. The summed E-state index contributed by atoms with van der Waals surface area (Å²) in [5.74, 6) is 0.761. The van der Waals surface area contributed by atoms with Crippen LogP contribution in [0.3, 0.4) is 0 Å². The van der Waals surface area contributed by atoms with Gasteiger partial charge in [-0.25, -0.2) is 0 Å². The first-order valence-corrected chi connectivity index (χ1v) is 5.52. The lowest BCUT2D eigenvalue weighted by Crippen LogP contribution is -2.38. The van der Waals surface area contributed by atoms with E-state index in [0.717, 1.165) is 18.0 Å². The molecule has 0 amide bonds. The number of hydrogen-bond acceptors (Lipinski definition) is 1. The van der Waals surface area contributed by atoms with Gasteiger partial charge in [0.15, 0.2) is 0 Å². The number of nitrogens with zero attached hydrogens (tertiary/aromatic N) is 1. The molecule has 0 aromatic heterocycles. The lowest BCUT2D eigenvalue weighted by atomic mass is 9.87. The second kappa shape index (κ2) is 3.13. The predicted octanol–water partition coefficient (Wildman–Crippen LogP) is 2.83.